The number of anilines is 1. The molecular formula is C15H13FN4. The zero-order valence-electron chi connectivity index (χ0n) is 10.7. The monoisotopic (exact) mass is 268 g/mol. The number of H-pyrrole nitrogens is 1. The SMILES string of the molecule is Fc1cc2c(N[C@@H]3CCc4ccccc43)ncnc2[nH]1. The highest BCUT2D eigenvalue weighted by Gasteiger charge is 2.22. The van der Waals surface area contributed by atoms with E-state index in [0.717, 1.165) is 12.8 Å². The predicted octanol–water partition coefficient (Wildman–Crippen LogP) is 3.20. The van der Waals surface area contributed by atoms with Crippen LogP contribution in [0.5, 0.6) is 0 Å². The Morgan fingerprint density at radius 3 is 3.10 bits per heavy atom. The highest BCUT2D eigenvalue weighted by atomic mass is 19.1. The molecule has 1 atom stereocenters. The summed E-state index contributed by atoms with van der Waals surface area (Å²) in [5, 5.41) is 4.10. The molecule has 0 amide bonds. The van der Waals surface area contributed by atoms with Crippen LogP contribution in [0, 0.1) is 5.95 Å². The van der Waals surface area contributed by atoms with Crippen LogP contribution >= 0.6 is 0 Å². The molecule has 0 bridgehead atoms. The van der Waals surface area contributed by atoms with E-state index in [4.69, 9.17) is 0 Å². The first-order chi connectivity index (χ1) is 9.81. The summed E-state index contributed by atoms with van der Waals surface area (Å²) in [5.41, 5.74) is 3.19. The molecule has 4 nitrogen and oxygen atoms in total. The van der Waals surface area contributed by atoms with E-state index in [1.54, 1.807) is 0 Å². The van der Waals surface area contributed by atoms with E-state index in [1.807, 2.05) is 6.07 Å². The third-order valence-corrected chi connectivity index (χ3v) is 3.84. The van der Waals surface area contributed by atoms with Gasteiger partial charge in [-0.05, 0) is 24.0 Å². The molecule has 20 heavy (non-hydrogen) atoms. The first-order valence-corrected chi connectivity index (χ1v) is 6.65. The number of rotatable bonds is 2. The average Bonchev–Trinajstić information content (AvgIpc) is 3.03. The zero-order valence-corrected chi connectivity index (χ0v) is 10.7. The minimum Gasteiger partial charge on any atom is -0.363 e. The van der Waals surface area contributed by atoms with Crippen molar-refractivity contribution in [3.8, 4) is 0 Å². The van der Waals surface area contributed by atoms with Gasteiger partial charge in [-0.2, -0.15) is 4.39 Å². The van der Waals surface area contributed by atoms with Gasteiger partial charge in [-0.3, -0.25) is 0 Å². The van der Waals surface area contributed by atoms with Gasteiger partial charge in [-0.15, -0.1) is 0 Å². The van der Waals surface area contributed by atoms with Crippen molar-refractivity contribution in [3.05, 3.63) is 53.7 Å². The van der Waals surface area contributed by atoms with Gasteiger partial charge in [0.25, 0.3) is 0 Å². The van der Waals surface area contributed by atoms with Gasteiger partial charge in [0.1, 0.15) is 17.8 Å². The van der Waals surface area contributed by atoms with E-state index in [0.29, 0.717) is 16.9 Å². The number of hydrogen-bond acceptors (Lipinski definition) is 3. The molecule has 0 unspecified atom stereocenters. The van der Waals surface area contributed by atoms with Gasteiger partial charge >= 0.3 is 0 Å². The molecule has 4 rings (SSSR count). The molecule has 1 aromatic carbocycles. The number of nitrogens with zero attached hydrogens (tertiary/aromatic N) is 2. The number of aromatic amines is 1. The van der Waals surface area contributed by atoms with Crippen molar-refractivity contribution in [2.24, 2.45) is 0 Å². The number of aromatic nitrogens is 3. The Hall–Kier alpha value is -2.43. The number of fused-ring (bicyclic) bond motifs is 2. The summed E-state index contributed by atoms with van der Waals surface area (Å²) in [5.74, 6) is 0.284. The van der Waals surface area contributed by atoms with E-state index in [9.17, 15) is 4.39 Å². The Labute approximate surface area is 115 Å². The maximum absolute atomic E-state index is 13.3. The lowest BCUT2D eigenvalue weighted by atomic mass is 10.1. The lowest BCUT2D eigenvalue weighted by Gasteiger charge is -2.15. The van der Waals surface area contributed by atoms with E-state index in [-0.39, 0.29) is 6.04 Å². The third-order valence-electron chi connectivity index (χ3n) is 3.84. The fourth-order valence-electron chi connectivity index (χ4n) is 2.89. The highest BCUT2D eigenvalue weighted by molar-refractivity contribution is 5.87. The van der Waals surface area contributed by atoms with Crippen LogP contribution in [0.4, 0.5) is 10.2 Å². The van der Waals surface area contributed by atoms with E-state index in [1.165, 1.54) is 23.5 Å². The van der Waals surface area contributed by atoms with Gasteiger partial charge in [0.05, 0.1) is 11.4 Å². The lowest BCUT2D eigenvalue weighted by Crippen LogP contribution is -2.08. The number of halogens is 1. The third kappa shape index (κ3) is 1.74. The summed E-state index contributed by atoms with van der Waals surface area (Å²) < 4.78 is 13.3. The quantitative estimate of drug-likeness (QED) is 0.750. The Morgan fingerprint density at radius 2 is 2.15 bits per heavy atom. The topological polar surface area (TPSA) is 53.6 Å². The maximum atomic E-state index is 13.3. The van der Waals surface area contributed by atoms with Gasteiger partial charge in [-0.25, -0.2) is 9.97 Å². The van der Waals surface area contributed by atoms with Crippen molar-refractivity contribution in [2.45, 2.75) is 18.9 Å². The average molecular weight is 268 g/mol. The minimum absolute atomic E-state index is 0.224. The first kappa shape index (κ1) is 11.4. The van der Waals surface area contributed by atoms with E-state index in [2.05, 4.69) is 38.5 Å². The van der Waals surface area contributed by atoms with Crippen LogP contribution in [-0.4, -0.2) is 15.0 Å². The molecule has 3 aromatic rings. The Kier molecular flexibility index (Phi) is 2.45. The summed E-state index contributed by atoms with van der Waals surface area (Å²) in [4.78, 5) is 10.9. The van der Waals surface area contributed by atoms with Gasteiger partial charge in [-0.1, -0.05) is 24.3 Å². The van der Waals surface area contributed by atoms with Gasteiger partial charge in [0.15, 0.2) is 5.95 Å². The van der Waals surface area contributed by atoms with Crippen molar-refractivity contribution >= 4 is 16.9 Å². The fraction of sp³-hybridized carbons (Fsp3) is 0.200. The molecule has 0 fully saturated rings. The van der Waals surface area contributed by atoms with Crippen LogP contribution in [0.15, 0.2) is 36.7 Å². The molecule has 0 saturated heterocycles. The first-order valence-electron chi connectivity index (χ1n) is 6.65. The van der Waals surface area contributed by atoms with Crippen molar-refractivity contribution in [3.63, 3.8) is 0 Å². The van der Waals surface area contributed by atoms with Crippen molar-refractivity contribution in [1.82, 2.24) is 15.0 Å². The summed E-state index contributed by atoms with van der Waals surface area (Å²) in [7, 11) is 0. The number of nitrogens with one attached hydrogen (secondary N) is 2. The normalized spacial score (nSPS) is 17.4. The molecule has 1 aliphatic carbocycles. The Balaban J connectivity index is 1.72. The highest BCUT2D eigenvalue weighted by Crippen LogP contribution is 2.34. The summed E-state index contributed by atoms with van der Waals surface area (Å²) in [6.45, 7) is 0. The molecule has 0 saturated carbocycles. The summed E-state index contributed by atoms with van der Waals surface area (Å²) in [6.07, 6.45) is 3.53. The molecule has 2 aromatic heterocycles. The van der Waals surface area contributed by atoms with Gasteiger partial charge in [0, 0.05) is 6.07 Å². The van der Waals surface area contributed by atoms with Crippen LogP contribution in [0.25, 0.3) is 11.0 Å². The van der Waals surface area contributed by atoms with Crippen LogP contribution in [0.2, 0.25) is 0 Å². The zero-order chi connectivity index (χ0) is 13.5. The molecular weight excluding hydrogens is 255 g/mol. The number of aryl methyl sites for hydroxylation is 1. The molecule has 2 heterocycles. The van der Waals surface area contributed by atoms with Gasteiger partial charge in [0.2, 0.25) is 0 Å². The largest absolute Gasteiger partial charge is 0.363 e. The maximum Gasteiger partial charge on any atom is 0.193 e. The van der Waals surface area contributed by atoms with Crippen LogP contribution in [0.1, 0.15) is 23.6 Å². The predicted molar refractivity (Wildman–Crippen MR) is 75.0 cm³/mol. The second kappa shape index (κ2) is 4.30. The van der Waals surface area contributed by atoms with Crippen LogP contribution in [0.3, 0.4) is 0 Å². The Morgan fingerprint density at radius 1 is 1.25 bits per heavy atom. The number of benzene rings is 1. The van der Waals surface area contributed by atoms with Crippen LogP contribution in [-0.2, 0) is 6.42 Å². The molecule has 0 spiro atoms. The molecule has 2 N–H and O–H groups in total. The van der Waals surface area contributed by atoms with Crippen molar-refractivity contribution in [1.29, 1.82) is 0 Å². The molecule has 100 valence electrons. The van der Waals surface area contributed by atoms with Crippen molar-refractivity contribution in [2.75, 3.05) is 5.32 Å². The van der Waals surface area contributed by atoms with Crippen LogP contribution < -0.4 is 5.32 Å². The lowest BCUT2D eigenvalue weighted by molar-refractivity contribution is 0.594. The van der Waals surface area contributed by atoms with Gasteiger partial charge < -0.3 is 10.3 Å². The fourth-order valence-corrected chi connectivity index (χ4v) is 2.89. The minimum atomic E-state index is -0.393. The van der Waals surface area contributed by atoms with E-state index < -0.39 is 5.95 Å². The second-order valence-corrected chi connectivity index (χ2v) is 5.04. The molecule has 0 radical (unpaired) electrons. The molecule has 0 aliphatic heterocycles. The summed E-state index contributed by atoms with van der Waals surface area (Å²) in [6, 6.07) is 10.1. The van der Waals surface area contributed by atoms with Crippen molar-refractivity contribution < 1.29 is 4.39 Å². The summed E-state index contributed by atoms with van der Waals surface area (Å²) >= 11 is 0. The smallest absolute Gasteiger partial charge is 0.193 e. The van der Waals surface area contributed by atoms with E-state index >= 15 is 0 Å². The standard InChI is InChI=1S/C15H13FN4/c16-13-7-11-14(17-8-18-15(11)20-13)19-12-6-5-9-3-1-2-4-10(9)12/h1-4,7-8,12H,5-6H2,(H2,17,18,19,20)/t12-/m1/s1. The molecule has 5 heteroatoms. The molecule has 1 aliphatic rings. The second-order valence-electron chi connectivity index (χ2n) is 5.04. The Bertz CT molecular complexity index is 780. The number of hydrogen-bond donors (Lipinski definition) is 2.